The average molecular weight is 432 g/mol. The minimum absolute atomic E-state index is 0.109. The molecule has 8 nitrogen and oxygen atoms in total. The van der Waals surface area contributed by atoms with E-state index in [0.29, 0.717) is 43.6 Å². The number of aromatic nitrogens is 7. The number of benzene rings is 1. The summed E-state index contributed by atoms with van der Waals surface area (Å²) in [4.78, 5) is 12.5. The number of halogens is 2. The van der Waals surface area contributed by atoms with Gasteiger partial charge in [0.1, 0.15) is 5.82 Å². The molecule has 0 spiro atoms. The van der Waals surface area contributed by atoms with Crippen LogP contribution in [0.1, 0.15) is 5.82 Å². The molecule has 0 fully saturated rings. The summed E-state index contributed by atoms with van der Waals surface area (Å²) in [6.45, 7) is 0. The molecule has 0 aliphatic rings. The van der Waals surface area contributed by atoms with Crippen molar-refractivity contribution in [2.75, 3.05) is 0 Å². The molecule has 0 radical (unpaired) electrons. The van der Waals surface area contributed by atoms with Crippen molar-refractivity contribution in [1.29, 1.82) is 0 Å². The lowest BCUT2D eigenvalue weighted by atomic mass is 10.2. The van der Waals surface area contributed by atoms with Crippen molar-refractivity contribution in [2.45, 2.75) is 10.9 Å². The molecule has 0 saturated heterocycles. The fourth-order valence-electron chi connectivity index (χ4n) is 3.12. The zero-order valence-corrected chi connectivity index (χ0v) is 16.7. The number of rotatable bonds is 3. The van der Waals surface area contributed by atoms with Gasteiger partial charge in [0.05, 0.1) is 26.7 Å². The number of aryl methyl sites for hydroxylation is 1. The van der Waals surface area contributed by atoms with Crippen molar-refractivity contribution in [1.82, 2.24) is 33.8 Å². The number of pyridine rings is 1. The number of fused-ring (bicyclic) bond motifs is 4. The van der Waals surface area contributed by atoms with Crippen LogP contribution in [-0.2, 0) is 12.8 Å². The first-order chi connectivity index (χ1) is 13.5. The molecule has 5 rings (SSSR count). The molecule has 0 saturated carbocycles. The normalized spacial score (nSPS) is 11.8. The van der Waals surface area contributed by atoms with Gasteiger partial charge in [-0.3, -0.25) is 18.2 Å². The van der Waals surface area contributed by atoms with Gasteiger partial charge in [0, 0.05) is 13.2 Å². The molecule has 0 aliphatic carbocycles. The van der Waals surface area contributed by atoms with Gasteiger partial charge < -0.3 is 0 Å². The molecule has 0 atom stereocenters. The summed E-state index contributed by atoms with van der Waals surface area (Å²) in [5.74, 6) is 1.64. The summed E-state index contributed by atoms with van der Waals surface area (Å²) in [7, 11) is 1.69. The first-order valence-corrected chi connectivity index (χ1v) is 9.93. The van der Waals surface area contributed by atoms with Crippen LogP contribution in [0.15, 0.2) is 46.5 Å². The summed E-state index contributed by atoms with van der Waals surface area (Å²) in [6.07, 6.45) is 1.71. The fourth-order valence-corrected chi connectivity index (χ4v) is 4.45. The summed E-state index contributed by atoms with van der Waals surface area (Å²) < 4.78 is 5.12. The summed E-state index contributed by atoms with van der Waals surface area (Å²) in [5, 5.41) is 18.9. The van der Waals surface area contributed by atoms with Crippen LogP contribution in [0.5, 0.6) is 0 Å². The Bertz CT molecular complexity index is 1440. The number of hydrogen-bond acceptors (Lipinski definition) is 6. The van der Waals surface area contributed by atoms with Gasteiger partial charge in [0.15, 0.2) is 10.8 Å². The van der Waals surface area contributed by atoms with Gasteiger partial charge in [0.2, 0.25) is 5.78 Å². The predicted octanol–water partition coefficient (Wildman–Crippen LogP) is 3.22. The molecule has 0 bridgehead atoms. The molecule has 0 N–H and O–H groups in total. The molecule has 11 heteroatoms. The SMILES string of the molecule is Cn1c(=O)c2ccccc2n2c(CSc3nnc4c(Cl)cc(Cl)cn34)nnc12. The zero-order valence-electron chi connectivity index (χ0n) is 14.4. The zero-order chi connectivity index (χ0) is 19.4. The van der Waals surface area contributed by atoms with Crippen molar-refractivity contribution in [3.8, 4) is 0 Å². The van der Waals surface area contributed by atoms with E-state index in [2.05, 4.69) is 20.4 Å². The maximum atomic E-state index is 12.5. The van der Waals surface area contributed by atoms with E-state index in [4.69, 9.17) is 23.2 Å². The second kappa shape index (κ2) is 6.47. The lowest BCUT2D eigenvalue weighted by Gasteiger charge is -2.07. The van der Waals surface area contributed by atoms with Gasteiger partial charge in [-0.15, -0.1) is 20.4 Å². The fraction of sp³-hybridized carbons (Fsp3) is 0.118. The van der Waals surface area contributed by atoms with E-state index in [1.807, 2.05) is 22.6 Å². The van der Waals surface area contributed by atoms with Crippen molar-refractivity contribution in [3.63, 3.8) is 0 Å². The second-order valence-electron chi connectivity index (χ2n) is 6.10. The highest BCUT2D eigenvalue weighted by Gasteiger charge is 2.16. The second-order valence-corrected chi connectivity index (χ2v) is 7.89. The molecule has 5 aromatic rings. The maximum absolute atomic E-state index is 12.5. The minimum Gasteiger partial charge on any atom is -0.279 e. The first kappa shape index (κ1) is 17.5. The van der Waals surface area contributed by atoms with Crippen molar-refractivity contribution < 1.29 is 0 Å². The molecule has 4 aromatic heterocycles. The smallest absolute Gasteiger partial charge is 0.262 e. The van der Waals surface area contributed by atoms with E-state index in [1.54, 1.807) is 29.8 Å². The highest BCUT2D eigenvalue weighted by atomic mass is 35.5. The molecule has 1 aromatic carbocycles. The predicted molar refractivity (Wildman–Crippen MR) is 108 cm³/mol. The highest BCUT2D eigenvalue weighted by Crippen LogP contribution is 2.27. The Morgan fingerprint density at radius 1 is 1.11 bits per heavy atom. The van der Waals surface area contributed by atoms with Crippen LogP contribution in [0.4, 0.5) is 0 Å². The van der Waals surface area contributed by atoms with Gasteiger partial charge in [-0.05, 0) is 18.2 Å². The molecule has 0 aliphatic heterocycles. The third-order valence-corrected chi connectivity index (χ3v) is 5.84. The van der Waals surface area contributed by atoms with E-state index in [9.17, 15) is 4.79 Å². The summed E-state index contributed by atoms with van der Waals surface area (Å²) in [6, 6.07) is 9.02. The molecule has 28 heavy (non-hydrogen) atoms. The maximum Gasteiger partial charge on any atom is 0.262 e. The Hall–Kier alpha value is -2.62. The van der Waals surface area contributed by atoms with Crippen LogP contribution in [0, 0.1) is 0 Å². The third-order valence-electron chi connectivity index (χ3n) is 4.42. The quantitative estimate of drug-likeness (QED) is 0.407. The van der Waals surface area contributed by atoms with Gasteiger partial charge in [-0.1, -0.05) is 47.1 Å². The highest BCUT2D eigenvalue weighted by molar-refractivity contribution is 7.98. The van der Waals surface area contributed by atoms with Crippen LogP contribution in [-0.4, -0.2) is 33.8 Å². The van der Waals surface area contributed by atoms with Crippen LogP contribution in [0.3, 0.4) is 0 Å². The molecule has 4 heterocycles. The van der Waals surface area contributed by atoms with Crippen molar-refractivity contribution in [2.24, 2.45) is 7.05 Å². The summed E-state index contributed by atoms with van der Waals surface area (Å²) >= 11 is 13.7. The number of hydrogen-bond donors (Lipinski definition) is 0. The Morgan fingerprint density at radius 3 is 2.79 bits per heavy atom. The lowest BCUT2D eigenvalue weighted by molar-refractivity contribution is 0.857. The average Bonchev–Trinajstić information content (AvgIpc) is 3.29. The number of para-hydroxylation sites is 1. The lowest BCUT2D eigenvalue weighted by Crippen LogP contribution is -2.20. The number of nitrogens with zero attached hydrogens (tertiary/aromatic N) is 7. The molecular formula is C17H11Cl2N7OS. The number of thioether (sulfide) groups is 1. The Morgan fingerprint density at radius 2 is 1.93 bits per heavy atom. The van der Waals surface area contributed by atoms with Crippen molar-refractivity contribution in [3.05, 3.63) is 62.8 Å². The van der Waals surface area contributed by atoms with Gasteiger partial charge in [-0.25, -0.2) is 0 Å². The Balaban J connectivity index is 1.61. The monoisotopic (exact) mass is 431 g/mol. The molecule has 0 amide bonds. The minimum atomic E-state index is -0.109. The van der Waals surface area contributed by atoms with Gasteiger partial charge in [0.25, 0.3) is 5.56 Å². The van der Waals surface area contributed by atoms with Crippen LogP contribution in [0.2, 0.25) is 10.0 Å². The largest absolute Gasteiger partial charge is 0.279 e. The molecule has 0 unspecified atom stereocenters. The van der Waals surface area contributed by atoms with E-state index < -0.39 is 0 Å². The van der Waals surface area contributed by atoms with Gasteiger partial charge in [-0.2, -0.15) is 0 Å². The molecule has 140 valence electrons. The van der Waals surface area contributed by atoms with Crippen LogP contribution >= 0.6 is 35.0 Å². The van der Waals surface area contributed by atoms with Crippen LogP contribution < -0.4 is 5.56 Å². The Kier molecular flexibility index (Phi) is 4.04. The van der Waals surface area contributed by atoms with E-state index in [0.717, 1.165) is 5.52 Å². The van der Waals surface area contributed by atoms with Gasteiger partial charge >= 0.3 is 0 Å². The van der Waals surface area contributed by atoms with E-state index in [-0.39, 0.29) is 5.56 Å². The topological polar surface area (TPSA) is 82.4 Å². The van der Waals surface area contributed by atoms with Crippen molar-refractivity contribution >= 4 is 57.3 Å². The Labute approximate surface area is 171 Å². The summed E-state index contributed by atoms with van der Waals surface area (Å²) in [5.41, 5.74) is 1.19. The molecular weight excluding hydrogens is 421 g/mol. The van der Waals surface area contributed by atoms with E-state index >= 15 is 0 Å². The van der Waals surface area contributed by atoms with Crippen LogP contribution in [0.25, 0.3) is 22.3 Å². The first-order valence-electron chi connectivity index (χ1n) is 8.19. The third kappa shape index (κ3) is 2.58. The van der Waals surface area contributed by atoms with E-state index in [1.165, 1.54) is 16.3 Å². The standard InChI is InChI=1S/C17H11Cl2N7OS/c1-24-15(27)10-4-2-3-5-12(10)26-13(20-22-16(24)26)8-28-17-23-21-14-11(19)6-9(18)7-25(14)17/h2-7H,8H2,1H3.